The molecule has 122 valence electrons. The fourth-order valence-corrected chi connectivity index (χ4v) is 4.23. The Morgan fingerprint density at radius 2 is 2.17 bits per heavy atom. The molecule has 0 unspecified atom stereocenters. The number of hydrogen-bond donors (Lipinski definition) is 0. The Morgan fingerprint density at radius 3 is 2.87 bits per heavy atom. The summed E-state index contributed by atoms with van der Waals surface area (Å²) in [7, 11) is 2.11. The second-order valence-electron chi connectivity index (χ2n) is 7.19. The zero-order valence-corrected chi connectivity index (χ0v) is 13.4. The number of carbonyl (C=O) groups is 1. The van der Waals surface area contributed by atoms with Crippen LogP contribution in [0.1, 0.15) is 29.9 Å². The highest BCUT2D eigenvalue weighted by Gasteiger charge is 2.57. The number of benzene rings is 1. The number of carbonyl (C=O) groups excluding carboxylic acids is 1. The molecule has 0 radical (unpaired) electrons. The lowest BCUT2D eigenvalue weighted by molar-refractivity contribution is -0.497. The van der Waals surface area contributed by atoms with Gasteiger partial charge < -0.3 is 9.80 Å². The number of rotatable bonds is 2. The van der Waals surface area contributed by atoms with Gasteiger partial charge in [0, 0.05) is 35.5 Å². The van der Waals surface area contributed by atoms with Crippen molar-refractivity contribution in [3.63, 3.8) is 0 Å². The number of piperidine rings is 1. The van der Waals surface area contributed by atoms with E-state index in [1.54, 1.807) is 0 Å². The van der Waals surface area contributed by atoms with Crippen LogP contribution in [0.2, 0.25) is 0 Å². The lowest BCUT2D eigenvalue weighted by Gasteiger charge is -2.36. The first kappa shape index (κ1) is 14.6. The fraction of sp³-hybridized carbons (Fsp3) is 0.588. The van der Waals surface area contributed by atoms with E-state index in [4.69, 9.17) is 0 Å². The van der Waals surface area contributed by atoms with Crippen molar-refractivity contribution < 1.29 is 9.72 Å². The summed E-state index contributed by atoms with van der Waals surface area (Å²) in [5.41, 5.74) is 3.40. The highest BCUT2D eigenvalue weighted by molar-refractivity contribution is 6.00. The van der Waals surface area contributed by atoms with Crippen LogP contribution in [-0.4, -0.2) is 48.0 Å². The minimum atomic E-state index is -0.679. The van der Waals surface area contributed by atoms with Crippen molar-refractivity contribution in [1.29, 1.82) is 0 Å². The van der Waals surface area contributed by atoms with Crippen molar-refractivity contribution in [2.45, 2.75) is 37.8 Å². The quantitative estimate of drug-likeness (QED) is 0.616. The summed E-state index contributed by atoms with van der Waals surface area (Å²) in [6, 6.07) is 5.70. The fourth-order valence-electron chi connectivity index (χ4n) is 4.23. The van der Waals surface area contributed by atoms with Crippen LogP contribution in [-0.2, 0) is 4.79 Å². The number of amides is 1. The zero-order valence-electron chi connectivity index (χ0n) is 13.4. The second kappa shape index (κ2) is 5.03. The van der Waals surface area contributed by atoms with Crippen LogP contribution in [0.5, 0.6) is 0 Å². The van der Waals surface area contributed by atoms with Gasteiger partial charge in [-0.3, -0.25) is 14.9 Å². The second-order valence-corrected chi connectivity index (χ2v) is 7.19. The highest BCUT2D eigenvalue weighted by atomic mass is 16.6. The Kier molecular flexibility index (Phi) is 3.20. The number of fused-ring (bicyclic) bond motifs is 3. The Bertz CT molecular complexity index is 690. The molecule has 1 aromatic carbocycles. The predicted molar refractivity (Wildman–Crippen MR) is 86.2 cm³/mol. The molecule has 4 rings (SSSR count). The Labute approximate surface area is 135 Å². The van der Waals surface area contributed by atoms with E-state index < -0.39 is 12.0 Å². The van der Waals surface area contributed by atoms with Gasteiger partial charge in [0.05, 0.1) is 0 Å². The van der Waals surface area contributed by atoms with Crippen LogP contribution in [0.25, 0.3) is 0 Å². The van der Waals surface area contributed by atoms with Crippen LogP contribution >= 0.6 is 0 Å². The minimum absolute atomic E-state index is 0.0474. The van der Waals surface area contributed by atoms with Crippen LogP contribution in [0, 0.1) is 23.0 Å². The maximum Gasteiger partial charge on any atom is 0.237 e. The summed E-state index contributed by atoms with van der Waals surface area (Å²) in [6.45, 7) is 3.96. The molecule has 0 spiro atoms. The summed E-state index contributed by atoms with van der Waals surface area (Å²) in [6.07, 6.45) is 1.32. The van der Waals surface area contributed by atoms with Gasteiger partial charge in [0.25, 0.3) is 0 Å². The van der Waals surface area contributed by atoms with Gasteiger partial charge in [-0.1, -0.05) is 17.7 Å². The van der Waals surface area contributed by atoms with Gasteiger partial charge >= 0.3 is 0 Å². The molecule has 6 nitrogen and oxygen atoms in total. The van der Waals surface area contributed by atoms with Crippen molar-refractivity contribution in [3.05, 3.63) is 39.4 Å². The molecule has 0 bridgehead atoms. The molecular formula is C17H21N3O3. The lowest BCUT2D eigenvalue weighted by Crippen LogP contribution is -2.48. The van der Waals surface area contributed by atoms with E-state index in [2.05, 4.69) is 24.9 Å². The number of likely N-dealkylation sites (tertiary alicyclic amines) is 1. The van der Waals surface area contributed by atoms with Crippen LogP contribution in [0.15, 0.2) is 18.2 Å². The third kappa shape index (κ3) is 2.24. The number of likely N-dealkylation sites (N-methyl/N-ethyl adjacent to an activating group) is 1. The third-order valence-electron chi connectivity index (χ3n) is 5.54. The lowest BCUT2D eigenvalue weighted by atomic mass is 9.89. The molecule has 3 aliphatic rings. The van der Waals surface area contributed by atoms with Crippen LogP contribution < -0.4 is 4.90 Å². The summed E-state index contributed by atoms with van der Waals surface area (Å²) >= 11 is 0. The molecule has 2 fully saturated rings. The molecular weight excluding hydrogens is 294 g/mol. The van der Waals surface area contributed by atoms with Crippen molar-refractivity contribution in [3.8, 4) is 0 Å². The average Bonchev–Trinajstić information content (AvgIpc) is 3.25. The van der Waals surface area contributed by atoms with Gasteiger partial charge in [-0.2, -0.15) is 0 Å². The van der Waals surface area contributed by atoms with Gasteiger partial charge in [-0.25, -0.2) is 0 Å². The molecule has 1 aliphatic carbocycles. The minimum Gasteiger partial charge on any atom is -0.308 e. The molecule has 1 saturated heterocycles. The van der Waals surface area contributed by atoms with Crippen molar-refractivity contribution >= 4 is 11.6 Å². The maximum absolute atomic E-state index is 12.9. The first-order valence-electron chi connectivity index (χ1n) is 8.23. The Hall–Kier alpha value is -1.95. The van der Waals surface area contributed by atoms with Gasteiger partial charge in [-0.05, 0) is 38.6 Å². The third-order valence-corrected chi connectivity index (χ3v) is 5.54. The van der Waals surface area contributed by atoms with E-state index in [-0.39, 0.29) is 16.9 Å². The molecule has 2 aliphatic heterocycles. The van der Waals surface area contributed by atoms with Crippen molar-refractivity contribution in [2.75, 3.05) is 25.0 Å². The number of hydrogen-bond acceptors (Lipinski definition) is 4. The molecule has 1 aromatic rings. The summed E-state index contributed by atoms with van der Waals surface area (Å²) in [5, 5.41) is 10.9. The molecule has 23 heavy (non-hydrogen) atoms. The van der Waals surface area contributed by atoms with E-state index in [9.17, 15) is 14.9 Å². The van der Waals surface area contributed by atoms with E-state index in [0.29, 0.717) is 12.3 Å². The molecule has 2 heterocycles. The number of nitro groups is 1. The standard InChI is InChI=1S/C17H21N3O3/c1-10-3-4-14-11(7-10)13-9-18(2)6-5-15(13)19(14)17(21)12-8-16(12)20(22)23/h3-4,7,12-13,15-16H,5-6,8-9H2,1-2H3/t12-,13-,15-,16-/m0/s1. The monoisotopic (exact) mass is 315 g/mol. The topological polar surface area (TPSA) is 66.7 Å². The SMILES string of the molecule is Cc1ccc2c(c1)[C@@H]1CN(C)CC[C@@H]1N2C(=O)[C@H]1C[C@@H]1[N+](=O)[O-]. The summed E-state index contributed by atoms with van der Waals surface area (Å²) in [4.78, 5) is 27.7. The van der Waals surface area contributed by atoms with Crippen LogP contribution in [0.3, 0.4) is 0 Å². The Balaban J connectivity index is 1.69. The van der Waals surface area contributed by atoms with Crippen molar-refractivity contribution in [1.82, 2.24) is 4.90 Å². The largest absolute Gasteiger partial charge is 0.308 e. The molecule has 1 amide bonds. The maximum atomic E-state index is 12.9. The molecule has 1 saturated carbocycles. The van der Waals surface area contributed by atoms with Gasteiger partial charge in [0.15, 0.2) is 0 Å². The first-order chi connectivity index (χ1) is 11.0. The van der Waals surface area contributed by atoms with E-state index in [0.717, 1.165) is 25.2 Å². The molecule has 0 aromatic heterocycles. The van der Waals surface area contributed by atoms with Gasteiger partial charge in [0.1, 0.15) is 5.92 Å². The average molecular weight is 315 g/mol. The first-order valence-corrected chi connectivity index (χ1v) is 8.23. The molecule has 6 heteroatoms. The zero-order chi connectivity index (χ0) is 16.3. The number of aryl methyl sites for hydroxylation is 1. The summed E-state index contributed by atoms with van der Waals surface area (Å²) < 4.78 is 0. The van der Waals surface area contributed by atoms with Crippen molar-refractivity contribution in [2.24, 2.45) is 5.92 Å². The van der Waals surface area contributed by atoms with E-state index in [1.807, 2.05) is 17.0 Å². The normalized spacial score (nSPS) is 32.3. The van der Waals surface area contributed by atoms with Gasteiger partial charge in [0.2, 0.25) is 11.9 Å². The number of anilines is 1. The molecule has 4 atom stereocenters. The van der Waals surface area contributed by atoms with Crippen LogP contribution in [0.4, 0.5) is 5.69 Å². The molecule has 0 N–H and O–H groups in total. The van der Waals surface area contributed by atoms with E-state index >= 15 is 0 Å². The number of nitrogens with zero attached hydrogens (tertiary/aromatic N) is 3. The predicted octanol–water partition coefficient (Wildman–Crippen LogP) is 1.79. The van der Waals surface area contributed by atoms with E-state index in [1.165, 1.54) is 11.1 Å². The highest BCUT2D eigenvalue weighted by Crippen LogP contribution is 2.47. The Morgan fingerprint density at radius 1 is 1.39 bits per heavy atom. The smallest absolute Gasteiger partial charge is 0.237 e. The van der Waals surface area contributed by atoms with Gasteiger partial charge in [-0.15, -0.1) is 0 Å². The summed E-state index contributed by atoms with van der Waals surface area (Å²) in [5.74, 6) is -0.160.